The first-order chi connectivity index (χ1) is 16.0. The smallest absolute Gasteiger partial charge is 0.417 e. The lowest BCUT2D eigenvalue weighted by Crippen LogP contribution is -2.47. The Morgan fingerprint density at radius 3 is 2.09 bits per heavy atom. The van der Waals surface area contributed by atoms with Crippen molar-refractivity contribution in [3.63, 3.8) is 0 Å². The molecule has 0 N–H and O–H groups in total. The van der Waals surface area contributed by atoms with Crippen molar-refractivity contribution in [2.24, 2.45) is 5.92 Å². The molecule has 0 unspecified atom stereocenters. The standard InChI is InChI=1S/C27H23NO5/c1-17(29)24(25-20-11-5-7-13-22(20)33-23-14-8-6-12-21(23)25)26(30)28-19(16-32-27(28)31)15-18-9-3-2-4-10-18/h2-14,19,24-25H,15-16H2,1H3/t19-,24+/m0/s1. The van der Waals surface area contributed by atoms with Crippen molar-refractivity contribution >= 4 is 17.8 Å². The summed E-state index contributed by atoms with van der Waals surface area (Å²) in [4.78, 5) is 40.7. The number of ketones is 1. The summed E-state index contributed by atoms with van der Waals surface area (Å²) in [6.07, 6.45) is -0.245. The Morgan fingerprint density at radius 2 is 1.48 bits per heavy atom. The van der Waals surface area contributed by atoms with Gasteiger partial charge in [-0.15, -0.1) is 0 Å². The van der Waals surface area contributed by atoms with Crippen molar-refractivity contribution in [1.29, 1.82) is 0 Å². The first-order valence-corrected chi connectivity index (χ1v) is 10.9. The molecule has 0 aromatic heterocycles. The van der Waals surface area contributed by atoms with Crippen LogP contribution in [0.3, 0.4) is 0 Å². The number of hydrogen-bond acceptors (Lipinski definition) is 5. The molecule has 0 saturated carbocycles. The fourth-order valence-corrected chi connectivity index (χ4v) is 4.77. The number of ether oxygens (including phenoxy) is 2. The van der Waals surface area contributed by atoms with Crippen LogP contribution in [0.1, 0.15) is 29.5 Å². The summed E-state index contributed by atoms with van der Waals surface area (Å²) in [5.74, 6) is -1.30. The van der Waals surface area contributed by atoms with Crippen LogP contribution in [0.15, 0.2) is 78.9 Å². The predicted molar refractivity (Wildman–Crippen MR) is 121 cm³/mol. The van der Waals surface area contributed by atoms with E-state index in [4.69, 9.17) is 9.47 Å². The minimum atomic E-state index is -1.08. The van der Waals surface area contributed by atoms with Crippen LogP contribution in [0.25, 0.3) is 0 Å². The third kappa shape index (κ3) is 3.78. The SMILES string of the molecule is CC(=O)[C@@H](C(=O)N1C(=O)OC[C@@H]1Cc1ccccc1)C1c2ccccc2Oc2ccccc21. The average molecular weight is 441 g/mol. The van der Waals surface area contributed by atoms with Crippen molar-refractivity contribution in [3.8, 4) is 11.5 Å². The fraction of sp³-hybridized carbons (Fsp3) is 0.222. The molecule has 2 aliphatic heterocycles. The molecule has 2 atom stereocenters. The number of benzene rings is 3. The van der Waals surface area contributed by atoms with E-state index in [1.54, 1.807) is 0 Å². The van der Waals surface area contributed by atoms with Crippen LogP contribution in [0, 0.1) is 5.92 Å². The number of cyclic esters (lactones) is 1. The zero-order valence-corrected chi connectivity index (χ0v) is 18.1. The monoisotopic (exact) mass is 441 g/mol. The normalized spacial score (nSPS) is 18.0. The van der Waals surface area contributed by atoms with Crippen LogP contribution >= 0.6 is 0 Å². The molecule has 33 heavy (non-hydrogen) atoms. The largest absolute Gasteiger partial charge is 0.457 e. The summed E-state index contributed by atoms with van der Waals surface area (Å²) >= 11 is 0. The maximum absolute atomic E-state index is 13.9. The van der Waals surface area contributed by atoms with E-state index in [9.17, 15) is 14.4 Å². The van der Waals surface area contributed by atoms with Crippen molar-refractivity contribution < 1.29 is 23.9 Å². The van der Waals surface area contributed by atoms with E-state index in [0.717, 1.165) is 21.6 Å². The third-order valence-corrected chi connectivity index (χ3v) is 6.28. The van der Waals surface area contributed by atoms with E-state index in [1.165, 1.54) is 6.92 Å². The molecule has 0 radical (unpaired) electrons. The van der Waals surface area contributed by atoms with E-state index < -0.39 is 29.9 Å². The first-order valence-electron chi connectivity index (χ1n) is 10.9. The summed E-state index contributed by atoms with van der Waals surface area (Å²) in [5.41, 5.74) is 2.48. The van der Waals surface area contributed by atoms with Crippen LogP contribution in [-0.2, 0) is 20.7 Å². The van der Waals surface area contributed by atoms with Gasteiger partial charge in [-0.3, -0.25) is 9.59 Å². The summed E-state index contributed by atoms with van der Waals surface area (Å²) in [5, 5.41) is 0. The molecule has 2 heterocycles. The average Bonchev–Trinajstić information content (AvgIpc) is 3.19. The number of nitrogens with zero attached hydrogens (tertiary/aromatic N) is 1. The number of fused-ring (bicyclic) bond motifs is 2. The molecule has 0 spiro atoms. The Hall–Kier alpha value is -3.93. The molecule has 166 valence electrons. The molecule has 1 saturated heterocycles. The number of carbonyl (C=O) groups is 3. The highest BCUT2D eigenvalue weighted by molar-refractivity contribution is 6.07. The number of amides is 2. The van der Waals surface area contributed by atoms with Gasteiger partial charge in [0.2, 0.25) is 5.91 Å². The van der Waals surface area contributed by atoms with E-state index in [2.05, 4.69) is 0 Å². The van der Waals surface area contributed by atoms with E-state index in [1.807, 2.05) is 78.9 Å². The molecule has 3 aromatic rings. The van der Waals surface area contributed by atoms with Gasteiger partial charge in [0.15, 0.2) is 0 Å². The molecule has 3 aromatic carbocycles. The lowest BCUT2D eigenvalue weighted by atomic mass is 9.76. The summed E-state index contributed by atoms with van der Waals surface area (Å²) in [6, 6.07) is 23.9. The lowest BCUT2D eigenvalue weighted by molar-refractivity contribution is -0.139. The third-order valence-electron chi connectivity index (χ3n) is 6.28. The van der Waals surface area contributed by atoms with Crippen molar-refractivity contribution in [2.45, 2.75) is 25.3 Å². The number of imide groups is 1. The second-order valence-corrected chi connectivity index (χ2v) is 8.37. The quantitative estimate of drug-likeness (QED) is 0.536. The highest BCUT2D eigenvalue weighted by Crippen LogP contribution is 2.48. The summed E-state index contributed by atoms with van der Waals surface area (Å²) in [7, 11) is 0. The van der Waals surface area contributed by atoms with Gasteiger partial charge >= 0.3 is 6.09 Å². The van der Waals surface area contributed by atoms with Gasteiger partial charge in [-0.05, 0) is 31.0 Å². The van der Waals surface area contributed by atoms with Gasteiger partial charge in [-0.1, -0.05) is 66.7 Å². The maximum Gasteiger partial charge on any atom is 0.417 e. The molecule has 2 aliphatic rings. The number of hydrogen-bond donors (Lipinski definition) is 0. The molecule has 5 rings (SSSR count). The highest BCUT2D eigenvalue weighted by atomic mass is 16.6. The topological polar surface area (TPSA) is 72.9 Å². The first kappa shape index (κ1) is 20.9. The molecule has 2 amide bonds. The van der Waals surface area contributed by atoms with Gasteiger partial charge in [0.25, 0.3) is 0 Å². The number of rotatable bonds is 5. The van der Waals surface area contributed by atoms with Crippen LogP contribution in [-0.4, -0.2) is 35.3 Å². The van der Waals surface area contributed by atoms with Crippen LogP contribution < -0.4 is 4.74 Å². The second-order valence-electron chi connectivity index (χ2n) is 8.37. The summed E-state index contributed by atoms with van der Waals surface area (Å²) < 4.78 is 11.3. The van der Waals surface area contributed by atoms with Crippen LogP contribution in [0.4, 0.5) is 4.79 Å². The van der Waals surface area contributed by atoms with Gasteiger partial charge in [-0.2, -0.15) is 0 Å². The number of Topliss-reactive ketones (excluding diaryl/α,β-unsaturated/α-hetero) is 1. The molecule has 6 heteroatoms. The lowest BCUT2D eigenvalue weighted by Gasteiger charge is -2.34. The number of para-hydroxylation sites is 2. The van der Waals surface area contributed by atoms with Crippen molar-refractivity contribution in [2.75, 3.05) is 6.61 Å². The molecule has 1 fully saturated rings. The Bertz CT molecular complexity index is 1180. The van der Waals surface area contributed by atoms with Gasteiger partial charge in [0.1, 0.15) is 29.8 Å². The van der Waals surface area contributed by atoms with Crippen LogP contribution in [0.5, 0.6) is 11.5 Å². The molecule has 0 bridgehead atoms. The Balaban J connectivity index is 1.55. The molecule has 0 aliphatic carbocycles. The van der Waals surface area contributed by atoms with Crippen molar-refractivity contribution in [3.05, 3.63) is 95.6 Å². The molecule has 6 nitrogen and oxygen atoms in total. The van der Waals surface area contributed by atoms with Crippen molar-refractivity contribution in [1.82, 2.24) is 4.90 Å². The molecular weight excluding hydrogens is 418 g/mol. The zero-order valence-electron chi connectivity index (χ0n) is 18.1. The molecular formula is C27H23NO5. The Kier molecular flexibility index (Phi) is 5.42. The summed E-state index contributed by atoms with van der Waals surface area (Å²) in [6.45, 7) is 1.50. The highest BCUT2D eigenvalue weighted by Gasteiger charge is 2.47. The predicted octanol–water partition coefficient (Wildman–Crippen LogP) is 4.72. The van der Waals surface area contributed by atoms with E-state index in [0.29, 0.717) is 17.9 Å². The minimum Gasteiger partial charge on any atom is -0.457 e. The van der Waals surface area contributed by atoms with Gasteiger partial charge in [-0.25, -0.2) is 9.69 Å². The van der Waals surface area contributed by atoms with E-state index in [-0.39, 0.29) is 12.4 Å². The minimum absolute atomic E-state index is 0.102. The zero-order chi connectivity index (χ0) is 22.9. The Labute approximate surface area is 191 Å². The maximum atomic E-state index is 13.9. The van der Waals surface area contributed by atoms with Crippen LogP contribution in [0.2, 0.25) is 0 Å². The van der Waals surface area contributed by atoms with Gasteiger partial charge in [0.05, 0.1) is 6.04 Å². The van der Waals surface area contributed by atoms with Gasteiger partial charge in [0, 0.05) is 17.0 Å². The fourth-order valence-electron chi connectivity index (χ4n) is 4.77. The number of carbonyl (C=O) groups excluding carboxylic acids is 3. The second kappa shape index (κ2) is 8.54. The van der Waals surface area contributed by atoms with Gasteiger partial charge < -0.3 is 9.47 Å². The van der Waals surface area contributed by atoms with E-state index >= 15 is 0 Å². The Morgan fingerprint density at radius 1 is 0.909 bits per heavy atom.